The van der Waals surface area contributed by atoms with Crippen molar-refractivity contribution in [1.29, 1.82) is 0 Å². The summed E-state index contributed by atoms with van der Waals surface area (Å²) < 4.78 is 0. The highest BCUT2D eigenvalue weighted by Crippen LogP contribution is 2.36. The molecule has 0 aromatic carbocycles. The molecular formula is C13H28N2O. The van der Waals surface area contributed by atoms with Crippen molar-refractivity contribution in [2.45, 2.75) is 45.3 Å². The van der Waals surface area contributed by atoms with E-state index in [4.69, 9.17) is 10.8 Å². The molecule has 4 atom stereocenters. The van der Waals surface area contributed by atoms with Gasteiger partial charge in [-0.2, -0.15) is 0 Å². The second kappa shape index (κ2) is 6.58. The molecule has 3 heteroatoms. The number of rotatable bonds is 5. The highest BCUT2D eigenvalue weighted by atomic mass is 16.3. The molecule has 1 rings (SSSR count). The summed E-state index contributed by atoms with van der Waals surface area (Å²) in [6.45, 7) is 3.57. The summed E-state index contributed by atoms with van der Waals surface area (Å²) in [5.74, 6) is 2.45. The van der Waals surface area contributed by atoms with E-state index in [0.717, 1.165) is 30.6 Å². The summed E-state index contributed by atoms with van der Waals surface area (Å²) in [7, 11) is 4.31. The normalized spacial score (nSPS) is 33.0. The highest BCUT2D eigenvalue weighted by Gasteiger charge is 2.27. The van der Waals surface area contributed by atoms with E-state index in [1.54, 1.807) is 0 Å². The molecule has 1 saturated carbocycles. The van der Waals surface area contributed by atoms with Crippen molar-refractivity contribution >= 4 is 0 Å². The predicted octanol–water partition coefficient (Wildman–Crippen LogP) is 1.66. The molecule has 0 radical (unpaired) electrons. The van der Waals surface area contributed by atoms with Crippen LogP contribution < -0.4 is 5.73 Å². The Bertz CT molecular complexity index is 194. The zero-order valence-corrected chi connectivity index (χ0v) is 11.0. The van der Waals surface area contributed by atoms with Gasteiger partial charge in [-0.05, 0) is 51.1 Å². The zero-order chi connectivity index (χ0) is 12.1. The molecule has 96 valence electrons. The molecule has 3 N–H and O–H groups in total. The lowest BCUT2D eigenvalue weighted by Crippen LogP contribution is -2.32. The van der Waals surface area contributed by atoms with Gasteiger partial charge in [0.2, 0.25) is 0 Å². The molecule has 0 bridgehead atoms. The Kier molecular flexibility index (Phi) is 5.73. The third kappa shape index (κ3) is 4.81. The van der Waals surface area contributed by atoms with Crippen molar-refractivity contribution in [3.8, 4) is 0 Å². The molecule has 0 saturated heterocycles. The van der Waals surface area contributed by atoms with Crippen molar-refractivity contribution in [1.82, 2.24) is 4.90 Å². The van der Waals surface area contributed by atoms with Crippen LogP contribution in [0.2, 0.25) is 0 Å². The van der Waals surface area contributed by atoms with Gasteiger partial charge < -0.3 is 15.7 Å². The Morgan fingerprint density at radius 2 is 2.06 bits per heavy atom. The SMILES string of the molecule is CC1CCC(CCC(N)O)CC1CN(C)C. The van der Waals surface area contributed by atoms with Gasteiger partial charge in [-0.25, -0.2) is 0 Å². The van der Waals surface area contributed by atoms with Crippen molar-refractivity contribution in [2.24, 2.45) is 23.5 Å². The van der Waals surface area contributed by atoms with Crippen LogP contribution in [0.15, 0.2) is 0 Å². The van der Waals surface area contributed by atoms with Crippen LogP contribution in [0, 0.1) is 17.8 Å². The quantitative estimate of drug-likeness (QED) is 0.704. The third-order valence-electron chi connectivity index (χ3n) is 3.94. The number of hydrogen-bond donors (Lipinski definition) is 2. The largest absolute Gasteiger partial charge is 0.379 e. The smallest absolute Gasteiger partial charge is 0.102 e. The van der Waals surface area contributed by atoms with Crippen LogP contribution in [0.3, 0.4) is 0 Å². The number of nitrogens with zero attached hydrogens (tertiary/aromatic N) is 1. The van der Waals surface area contributed by atoms with Gasteiger partial charge >= 0.3 is 0 Å². The van der Waals surface area contributed by atoms with E-state index in [1.807, 2.05) is 0 Å². The molecule has 0 aromatic heterocycles. The minimum atomic E-state index is -0.619. The van der Waals surface area contributed by atoms with E-state index in [9.17, 15) is 0 Å². The minimum absolute atomic E-state index is 0.619. The van der Waals surface area contributed by atoms with Gasteiger partial charge in [0.05, 0.1) is 0 Å². The first kappa shape index (κ1) is 13.9. The number of nitrogens with two attached hydrogens (primary N) is 1. The number of aliphatic hydroxyl groups excluding tert-OH is 1. The molecule has 0 aromatic rings. The minimum Gasteiger partial charge on any atom is -0.379 e. The average molecular weight is 228 g/mol. The fourth-order valence-electron chi connectivity index (χ4n) is 2.90. The summed E-state index contributed by atoms with van der Waals surface area (Å²) in [5, 5.41) is 9.12. The van der Waals surface area contributed by atoms with Crippen LogP contribution in [-0.2, 0) is 0 Å². The maximum absolute atomic E-state index is 9.12. The Morgan fingerprint density at radius 3 is 2.62 bits per heavy atom. The van der Waals surface area contributed by atoms with Crippen LogP contribution >= 0.6 is 0 Å². The summed E-state index contributed by atoms with van der Waals surface area (Å²) in [5.41, 5.74) is 5.40. The van der Waals surface area contributed by atoms with Gasteiger partial charge in [0, 0.05) is 6.54 Å². The van der Waals surface area contributed by atoms with Gasteiger partial charge in [-0.1, -0.05) is 19.8 Å². The van der Waals surface area contributed by atoms with Crippen molar-refractivity contribution in [3.63, 3.8) is 0 Å². The Morgan fingerprint density at radius 1 is 1.38 bits per heavy atom. The van der Waals surface area contributed by atoms with E-state index in [2.05, 4.69) is 25.9 Å². The van der Waals surface area contributed by atoms with E-state index in [-0.39, 0.29) is 0 Å². The summed E-state index contributed by atoms with van der Waals surface area (Å²) >= 11 is 0. The first-order valence-electron chi connectivity index (χ1n) is 6.57. The van der Waals surface area contributed by atoms with E-state index >= 15 is 0 Å². The first-order chi connectivity index (χ1) is 7.49. The molecule has 0 spiro atoms. The summed E-state index contributed by atoms with van der Waals surface area (Å²) in [6.07, 6.45) is 5.20. The highest BCUT2D eigenvalue weighted by molar-refractivity contribution is 4.79. The second-order valence-corrected chi connectivity index (χ2v) is 5.82. The zero-order valence-electron chi connectivity index (χ0n) is 11.0. The topological polar surface area (TPSA) is 49.5 Å². The van der Waals surface area contributed by atoms with E-state index in [0.29, 0.717) is 0 Å². The third-order valence-corrected chi connectivity index (χ3v) is 3.94. The van der Waals surface area contributed by atoms with Crippen molar-refractivity contribution in [3.05, 3.63) is 0 Å². The van der Waals surface area contributed by atoms with Crippen molar-refractivity contribution < 1.29 is 5.11 Å². The molecule has 16 heavy (non-hydrogen) atoms. The van der Waals surface area contributed by atoms with Gasteiger partial charge in [0.1, 0.15) is 6.23 Å². The molecule has 1 aliphatic carbocycles. The molecule has 0 amide bonds. The summed E-state index contributed by atoms with van der Waals surface area (Å²) in [4.78, 5) is 2.29. The Hall–Kier alpha value is -0.120. The fourth-order valence-corrected chi connectivity index (χ4v) is 2.90. The van der Waals surface area contributed by atoms with Crippen LogP contribution in [0.1, 0.15) is 39.0 Å². The molecular weight excluding hydrogens is 200 g/mol. The number of aliphatic hydroxyl groups is 1. The maximum Gasteiger partial charge on any atom is 0.102 e. The van der Waals surface area contributed by atoms with Gasteiger partial charge in [0.15, 0.2) is 0 Å². The summed E-state index contributed by atoms with van der Waals surface area (Å²) in [6, 6.07) is 0. The first-order valence-corrected chi connectivity index (χ1v) is 6.57. The Balaban J connectivity index is 2.34. The van der Waals surface area contributed by atoms with E-state index in [1.165, 1.54) is 25.8 Å². The number of hydrogen-bond acceptors (Lipinski definition) is 3. The lowest BCUT2D eigenvalue weighted by Gasteiger charge is -2.36. The maximum atomic E-state index is 9.12. The van der Waals surface area contributed by atoms with Crippen LogP contribution in [-0.4, -0.2) is 36.9 Å². The van der Waals surface area contributed by atoms with Crippen LogP contribution in [0.25, 0.3) is 0 Å². The fraction of sp³-hybridized carbons (Fsp3) is 1.00. The lowest BCUT2D eigenvalue weighted by molar-refractivity contribution is 0.123. The standard InChI is InChI=1S/C13H28N2O/c1-10-4-5-11(6-7-13(14)16)8-12(10)9-15(2)3/h10-13,16H,4-9,14H2,1-3H3. The molecule has 0 heterocycles. The molecule has 3 nitrogen and oxygen atoms in total. The van der Waals surface area contributed by atoms with Gasteiger partial charge in [-0.3, -0.25) is 0 Å². The second-order valence-electron chi connectivity index (χ2n) is 5.82. The molecule has 1 aliphatic rings. The van der Waals surface area contributed by atoms with Crippen LogP contribution in [0.4, 0.5) is 0 Å². The van der Waals surface area contributed by atoms with Gasteiger partial charge in [0.25, 0.3) is 0 Å². The van der Waals surface area contributed by atoms with Gasteiger partial charge in [-0.15, -0.1) is 0 Å². The molecule has 4 unspecified atom stereocenters. The average Bonchev–Trinajstić information content (AvgIpc) is 2.18. The van der Waals surface area contributed by atoms with Crippen molar-refractivity contribution in [2.75, 3.05) is 20.6 Å². The lowest BCUT2D eigenvalue weighted by atomic mass is 9.73. The predicted molar refractivity (Wildman–Crippen MR) is 68.0 cm³/mol. The van der Waals surface area contributed by atoms with E-state index < -0.39 is 6.23 Å². The Labute approximate surface area is 100 Å². The molecule has 1 fully saturated rings. The molecule has 0 aliphatic heterocycles. The monoisotopic (exact) mass is 228 g/mol. The van der Waals surface area contributed by atoms with Crippen LogP contribution in [0.5, 0.6) is 0 Å².